The van der Waals surface area contributed by atoms with Crippen LogP contribution in [0.25, 0.3) is 10.4 Å². The van der Waals surface area contributed by atoms with Crippen molar-refractivity contribution in [3.8, 4) is 0 Å². The third-order valence-electron chi connectivity index (χ3n) is 2.91. The van der Waals surface area contributed by atoms with Crippen molar-refractivity contribution in [2.45, 2.75) is 51.4 Å². The zero-order valence-corrected chi connectivity index (χ0v) is 11.4. The summed E-state index contributed by atoms with van der Waals surface area (Å²) in [5, 5.41) is 2.99. The molecular weight excluding hydrogens is 232 g/mol. The summed E-state index contributed by atoms with van der Waals surface area (Å²) in [5.74, 6) is 0. The monoisotopic (exact) mass is 251 g/mol. The van der Waals surface area contributed by atoms with E-state index in [0.29, 0.717) is 0 Å². The number of nitrogens with zero attached hydrogens (tertiary/aromatic N) is 3. The van der Waals surface area contributed by atoms with Gasteiger partial charge in [-0.1, -0.05) is 25.9 Å². The van der Waals surface area contributed by atoms with Crippen molar-refractivity contribution in [3.05, 3.63) is 10.4 Å². The minimum absolute atomic E-state index is 0.0456. The molecule has 1 unspecified atom stereocenters. The van der Waals surface area contributed by atoms with E-state index >= 15 is 0 Å². The fraction of sp³-hybridized carbons (Fsp3) is 1.00. The maximum atomic E-state index is 12.4. The van der Waals surface area contributed by atoms with Crippen LogP contribution in [-0.4, -0.2) is 27.4 Å². The van der Waals surface area contributed by atoms with Crippen LogP contribution in [0.15, 0.2) is 5.11 Å². The molecule has 0 aliphatic carbocycles. The summed E-state index contributed by atoms with van der Waals surface area (Å²) in [6.45, 7) is 9.77. The van der Waals surface area contributed by atoms with E-state index in [1.54, 1.807) is 0 Å². The van der Waals surface area contributed by atoms with Gasteiger partial charge in [-0.05, 0) is 23.7 Å². The van der Waals surface area contributed by atoms with Gasteiger partial charge in [-0.2, -0.15) is 0 Å². The lowest BCUT2D eigenvalue weighted by Crippen LogP contribution is -2.43. The quantitative estimate of drug-likeness (QED) is 0.316. The topological polar surface area (TPSA) is 58.0 Å². The van der Waals surface area contributed by atoms with Crippen molar-refractivity contribution in [2.75, 3.05) is 6.61 Å². The van der Waals surface area contributed by atoms with Crippen LogP contribution in [-0.2, 0) is 4.43 Å². The van der Waals surface area contributed by atoms with Crippen LogP contribution in [0.4, 0.5) is 8.78 Å². The van der Waals surface area contributed by atoms with Crippen molar-refractivity contribution < 1.29 is 13.2 Å². The molecule has 0 saturated heterocycles. The van der Waals surface area contributed by atoms with Crippen molar-refractivity contribution in [1.82, 2.24) is 0 Å². The van der Waals surface area contributed by atoms with Crippen LogP contribution in [0.2, 0.25) is 18.1 Å². The van der Waals surface area contributed by atoms with Crippen molar-refractivity contribution in [1.29, 1.82) is 0 Å². The van der Waals surface area contributed by atoms with E-state index < -0.39 is 20.8 Å². The molecule has 0 rings (SSSR count). The minimum atomic E-state index is -2.68. The van der Waals surface area contributed by atoms with Crippen LogP contribution < -0.4 is 0 Å². The molecule has 0 N–H and O–H groups in total. The summed E-state index contributed by atoms with van der Waals surface area (Å²) in [5.41, 5.74) is 8.16. The predicted molar refractivity (Wildman–Crippen MR) is 62.1 cm³/mol. The zero-order valence-electron chi connectivity index (χ0n) is 10.4. The molecule has 7 heteroatoms. The highest BCUT2D eigenvalue weighted by Gasteiger charge is 2.38. The Hall–Kier alpha value is -0.653. The molecule has 0 aliphatic rings. The van der Waals surface area contributed by atoms with E-state index in [1.807, 2.05) is 33.9 Å². The lowest BCUT2D eigenvalue weighted by atomic mass is 10.2. The molecule has 94 valence electrons. The average molecular weight is 251 g/mol. The highest BCUT2D eigenvalue weighted by atomic mass is 28.4. The lowest BCUT2D eigenvalue weighted by Gasteiger charge is -2.36. The molecule has 0 aromatic rings. The van der Waals surface area contributed by atoms with Crippen LogP contribution in [0.1, 0.15) is 20.8 Å². The minimum Gasteiger partial charge on any atom is -0.416 e. The molecule has 0 aliphatic heterocycles. The Morgan fingerprint density at radius 3 is 2.19 bits per heavy atom. The van der Waals surface area contributed by atoms with E-state index in [-0.39, 0.29) is 11.6 Å². The van der Waals surface area contributed by atoms with Gasteiger partial charge in [0.25, 0.3) is 0 Å². The molecule has 0 aromatic carbocycles. The van der Waals surface area contributed by atoms with Crippen LogP contribution in [0.3, 0.4) is 0 Å². The van der Waals surface area contributed by atoms with Gasteiger partial charge in [-0.3, -0.25) is 0 Å². The lowest BCUT2D eigenvalue weighted by molar-refractivity contribution is 0.0864. The highest BCUT2D eigenvalue weighted by Crippen LogP contribution is 2.36. The molecule has 16 heavy (non-hydrogen) atoms. The van der Waals surface area contributed by atoms with Gasteiger partial charge in [0, 0.05) is 11.5 Å². The maximum absolute atomic E-state index is 12.4. The number of alkyl halides is 2. The number of rotatable bonds is 5. The van der Waals surface area contributed by atoms with Crippen LogP contribution >= 0.6 is 0 Å². The predicted octanol–water partition coefficient (Wildman–Crippen LogP) is 3.95. The number of hydrogen-bond donors (Lipinski definition) is 0. The zero-order chi connectivity index (χ0) is 13.0. The van der Waals surface area contributed by atoms with Gasteiger partial charge in [-0.25, -0.2) is 8.78 Å². The SMILES string of the molecule is CC(C)(C)[Si](C)(C)OCC(N=[N+]=[N-])C(F)F. The normalized spacial score (nSPS) is 14.8. The van der Waals surface area contributed by atoms with Gasteiger partial charge in [0.05, 0.1) is 0 Å². The summed E-state index contributed by atoms with van der Waals surface area (Å²) < 4.78 is 30.4. The van der Waals surface area contributed by atoms with Gasteiger partial charge in [0.15, 0.2) is 8.32 Å². The molecule has 4 nitrogen and oxygen atoms in total. The smallest absolute Gasteiger partial charge is 0.249 e. The molecule has 0 saturated carbocycles. The Kier molecular flexibility index (Phi) is 5.38. The third kappa shape index (κ3) is 4.47. The summed E-state index contributed by atoms with van der Waals surface area (Å²) in [7, 11) is -2.06. The first-order valence-electron chi connectivity index (χ1n) is 5.08. The second-order valence-electron chi connectivity index (χ2n) is 5.18. The van der Waals surface area contributed by atoms with Crippen LogP contribution in [0, 0.1) is 0 Å². The van der Waals surface area contributed by atoms with E-state index in [1.165, 1.54) is 0 Å². The van der Waals surface area contributed by atoms with E-state index in [0.717, 1.165) is 0 Å². The first kappa shape index (κ1) is 15.3. The van der Waals surface area contributed by atoms with E-state index in [4.69, 9.17) is 9.96 Å². The molecule has 0 aromatic heterocycles. The molecule has 0 amide bonds. The van der Waals surface area contributed by atoms with E-state index in [9.17, 15) is 8.78 Å². The fourth-order valence-electron chi connectivity index (χ4n) is 0.733. The largest absolute Gasteiger partial charge is 0.416 e. The number of hydrogen-bond acceptors (Lipinski definition) is 2. The first-order chi connectivity index (χ1) is 7.12. The number of halogens is 2. The standard InChI is InChI=1S/C9H19F2N3OSi/c1-9(2,3)16(4,5)15-6-7(8(10)11)13-14-12/h7-8H,6H2,1-5H3. The summed E-state index contributed by atoms with van der Waals surface area (Å²) in [6, 6.07) is -1.39. The molecule has 0 fully saturated rings. The highest BCUT2D eigenvalue weighted by molar-refractivity contribution is 6.74. The summed E-state index contributed by atoms with van der Waals surface area (Å²) >= 11 is 0. The maximum Gasteiger partial charge on any atom is 0.249 e. The van der Waals surface area contributed by atoms with Gasteiger partial charge < -0.3 is 4.43 Å². The Morgan fingerprint density at radius 1 is 1.38 bits per heavy atom. The van der Waals surface area contributed by atoms with Crippen molar-refractivity contribution in [3.63, 3.8) is 0 Å². The fourth-order valence-corrected chi connectivity index (χ4v) is 1.75. The molecule has 1 atom stereocenters. The Morgan fingerprint density at radius 2 is 1.88 bits per heavy atom. The number of azide groups is 1. The molecule has 0 bridgehead atoms. The second-order valence-corrected chi connectivity index (χ2v) is 9.99. The van der Waals surface area contributed by atoms with Gasteiger partial charge in [0.2, 0.25) is 6.43 Å². The Balaban J connectivity index is 4.47. The van der Waals surface area contributed by atoms with Gasteiger partial charge in [0.1, 0.15) is 6.04 Å². The Labute approximate surface area is 95.7 Å². The Bertz CT molecular complexity index is 272. The molecular formula is C9H19F2N3OSi. The third-order valence-corrected chi connectivity index (χ3v) is 7.41. The van der Waals surface area contributed by atoms with Crippen molar-refractivity contribution in [2.24, 2.45) is 5.11 Å². The van der Waals surface area contributed by atoms with E-state index in [2.05, 4.69) is 10.0 Å². The van der Waals surface area contributed by atoms with Gasteiger partial charge in [-0.15, -0.1) is 0 Å². The first-order valence-corrected chi connectivity index (χ1v) is 7.99. The summed E-state index contributed by atoms with van der Waals surface area (Å²) in [6.07, 6.45) is -2.68. The summed E-state index contributed by atoms with van der Waals surface area (Å²) in [4.78, 5) is 2.40. The van der Waals surface area contributed by atoms with Crippen molar-refractivity contribution >= 4 is 8.32 Å². The molecule has 0 radical (unpaired) electrons. The average Bonchev–Trinajstić information content (AvgIpc) is 2.09. The molecule has 0 spiro atoms. The molecule has 0 heterocycles. The second kappa shape index (κ2) is 5.61. The van der Waals surface area contributed by atoms with Gasteiger partial charge >= 0.3 is 0 Å². The van der Waals surface area contributed by atoms with Crippen LogP contribution in [0.5, 0.6) is 0 Å².